The molecule has 2 fully saturated rings. The molecule has 7 heteroatoms. The zero-order valence-corrected chi connectivity index (χ0v) is 13.3. The van der Waals surface area contributed by atoms with E-state index in [-0.39, 0.29) is 30.4 Å². The average Bonchev–Trinajstić information content (AvgIpc) is 3.15. The van der Waals surface area contributed by atoms with E-state index in [2.05, 4.69) is 15.4 Å². The maximum Gasteiger partial charge on any atom is 0.273 e. The minimum Gasteiger partial charge on any atom is -0.350 e. The molecule has 2 amide bonds. The van der Waals surface area contributed by atoms with Gasteiger partial charge in [-0.25, -0.2) is 9.67 Å². The molecule has 0 bridgehead atoms. The van der Waals surface area contributed by atoms with Crippen molar-refractivity contribution < 1.29 is 9.59 Å². The van der Waals surface area contributed by atoms with Crippen LogP contribution in [0.5, 0.6) is 0 Å². The maximum atomic E-state index is 13.0. The fourth-order valence-corrected chi connectivity index (χ4v) is 3.62. The number of carbonyl (C=O) groups is 2. The van der Waals surface area contributed by atoms with Crippen LogP contribution in [0.3, 0.4) is 0 Å². The molecule has 7 nitrogen and oxygen atoms in total. The van der Waals surface area contributed by atoms with E-state index in [0.717, 1.165) is 25.7 Å². The molecule has 1 N–H and O–H groups in total. The smallest absolute Gasteiger partial charge is 0.273 e. The van der Waals surface area contributed by atoms with Crippen molar-refractivity contribution >= 4 is 11.8 Å². The first-order chi connectivity index (χ1) is 11.7. The molecule has 124 valence electrons. The number of amides is 2. The van der Waals surface area contributed by atoms with Crippen molar-refractivity contribution in [1.29, 1.82) is 0 Å². The van der Waals surface area contributed by atoms with E-state index in [9.17, 15) is 9.59 Å². The summed E-state index contributed by atoms with van der Waals surface area (Å²) in [7, 11) is 0. The summed E-state index contributed by atoms with van der Waals surface area (Å²) in [6.45, 7) is 0.105. The molecule has 0 unspecified atom stereocenters. The van der Waals surface area contributed by atoms with Crippen molar-refractivity contribution in [3.8, 4) is 5.82 Å². The maximum absolute atomic E-state index is 13.0. The number of hydrogen-bond donors (Lipinski definition) is 1. The first-order valence-electron chi connectivity index (χ1n) is 8.30. The van der Waals surface area contributed by atoms with Crippen LogP contribution in [0.1, 0.15) is 36.2 Å². The van der Waals surface area contributed by atoms with Crippen LogP contribution in [0.4, 0.5) is 0 Å². The highest BCUT2D eigenvalue weighted by molar-refractivity contribution is 5.96. The molecule has 1 saturated carbocycles. The minimum atomic E-state index is -0.184. The van der Waals surface area contributed by atoms with Crippen LogP contribution in [-0.4, -0.2) is 50.1 Å². The van der Waals surface area contributed by atoms with Crippen LogP contribution >= 0.6 is 0 Å². The lowest BCUT2D eigenvalue weighted by Crippen LogP contribution is -2.63. The Morgan fingerprint density at radius 2 is 2.08 bits per heavy atom. The van der Waals surface area contributed by atoms with Crippen molar-refractivity contribution in [1.82, 2.24) is 25.0 Å². The third-order valence-electron chi connectivity index (χ3n) is 4.74. The van der Waals surface area contributed by atoms with Gasteiger partial charge >= 0.3 is 0 Å². The summed E-state index contributed by atoms with van der Waals surface area (Å²) in [6, 6.07) is 7.23. The normalized spacial score (nSPS) is 23.5. The van der Waals surface area contributed by atoms with Crippen LogP contribution in [0.2, 0.25) is 0 Å². The molecule has 0 radical (unpaired) electrons. The second-order valence-corrected chi connectivity index (χ2v) is 6.29. The van der Waals surface area contributed by atoms with Gasteiger partial charge in [0.05, 0.1) is 6.04 Å². The molecule has 2 aliphatic rings. The summed E-state index contributed by atoms with van der Waals surface area (Å²) >= 11 is 0. The average molecular weight is 325 g/mol. The summed E-state index contributed by atoms with van der Waals surface area (Å²) in [5, 5.41) is 7.16. The highest BCUT2D eigenvalue weighted by atomic mass is 16.2. The lowest BCUT2D eigenvalue weighted by molar-refractivity contribution is -0.127. The van der Waals surface area contributed by atoms with Gasteiger partial charge in [0.2, 0.25) is 5.91 Å². The molecule has 1 aliphatic carbocycles. The topological polar surface area (TPSA) is 80.1 Å². The van der Waals surface area contributed by atoms with Gasteiger partial charge in [0.25, 0.3) is 5.91 Å². The summed E-state index contributed by atoms with van der Waals surface area (Å²) in [6.07, 6.45) is 7.48. The summed E-state index contributed by atoms with van der Waals surface area (Å²) < 4.78 is 1.61. The number of carbonyl (C=O) groups excluding carboxylic acids is 2. The van der Waals surface area contributed by atoms with Gasteiger partial charge in [-0.2, -0.15) is 5.10 Å². The molecule has 2 aromatic heterocycles. The number of piperazine rings is 1. The Balaban J connectivity index is 1.62. The van der Waals surface area contributed by atoms with Gasteiger partial charge in [0, 0.05) is 18.4 Å². The molecule has 0 spiro atoms. The first-order valence-corrected chi connectivity index (χ1v) is 8.30. The van der Waals surface area contributed by atoms with Gasteiger partial charge in [-0.05, 0) is 31.0 Å². The number of hydrogen-bond acceptors (Lipinski definition) is 4. The fraction of sp³-hybridized carbons (Fsp3) is 0.412. The molecule has 2 atom stereocenters. The first kappa shape index (κ1) is 14.9. The van der Waals surface area contributed by atoms with Crippen LogP contribution in [-0.2, 0) is 4.79 Å². The quantitative estimate of drug-likeness (QED) is 0.898. The zero-order chi connectivity index (χ0) is 16.5. The van der Waals surface area contributed by atoms with Crippen molar-refractivity contribution in [3.63, 3.8) is 0 Å². The summed E-state index contributed by atoms with van der Waals surface area (Å²) in [5.74, 6) is 0.318. The molecule has 1 saturated heterocycles. The molecular formula is C17H19N5O2. The van der Waals surface area contributed by atoms with Crippen molar-refractivity contribution in [2.75, 3.05) is 6.54 Å². The van der Waals surface area contributed by atoms with Gasteiger partial charge in [-0.3, -0.25) is 9.59 Å². The number of nitrogens with zero attached hydrogens (tertiary/aromatic N) is 4. The largest absolute Gasteiger partial charge is 0.350 e. The molecule has 0 aromatic carbocycles. The van der Waals surface area contributed by atoms with E-state index in [1.54, 1.807) is 46.2 Å². The Morgan fingerprint density at radius 1 is 1.21 bits per heavy atom. The molecular weight excluding hydrogens is 306 g/mol. The Hall–Kier alpha value is -2.70. The summed E-state index contributed by atoms with van der Waals surface area (Å²) in [5.41, 5.74) is 0.349. The predicted octanol–water partition coefficient (Wildman–Crippen LogP) is 1.15. The Bertz CT molecular complexity index is 758. The lowest BCUT2D eigenvalue weighted by Gasteiger charge is -2.43. The number of nitrogens with one attached hydrogen (secondary N) is 1. The van der Waals surface area contributed by atoms with Crippen LogP contribution in [0.15, 0.2) is 36.7 Å². The number of fused-ring (bicyclic) bond motifs is 1. The monoisotopic (exact) mass is 325 g/mol. The van der Waals surface area contributed by atoms with Gasteiger partial charge < -0.3 is 10.2 Å². The van der Waals surface area contributed by atoms with Crippen molar-refractivity contribution in [2.45, 2.75) is 37.8 Å². The van der Waals surface area contributed by atoms with Gasteiger partial charge in [0.1, 0.15) is 12.2 Å². The minimum absolute atomic E-state index is 0.0678. The van der Waals surface area contributed by atoms with E-state index < -0.39 is 0 Å². The van der Waals surface area contributed by atoms with E-state index in [0.29, 0.717) is 11.5 Å². The third kappa shape index (κ3) is 2.66. The summed E-state index contributed by atoms with van der Waals surface area (Å²) in [4.78, 5) is 31.1. The molecule has 3 heterocycles. The van der Waals surface area contributed by atoms with Gasteiger partial charge in [-0.1, -0.05) is 18.9 Å². The molecule has 2 aromatic rings. The second-order valence-electron chi connectivity index (χ2n) is 6.29. The molecule has 4 rings (SSSR count). The Kier molecular flexibility index (Phi) is 3.76. The standard InChI is InChI=1S/C17H19N5O2/c23-16-11-21(14-7-2-1-5-12(14)20-16)17(24)13-6-3-8-15(19-13)22-10-4-9-18-22/h3-4,6,8-10,12,14H,1-2,5,7,11H2,(H,20,23)/t12-,14+/m1/s1. The van der Waals surface area contributed by atoms with Gasteiger partial charge in [0.15, 0.2) is 5.82 Å². The number of pyridine rings is 1. The number of rotatable bonds is 2. The second kappa shape index (κ2) is 6.07. The zero-order valence-electron chi connectivity index (χ0n) is 13.3. The van der Waals surface area contributed by atoms with Crippen molar-refractivity contribution in [2.24, 2.45) is 0 Å². The SMILES string of the molecule is O=C1CN(C(=O)c2cccc(-n3cccn3)n2)[C@H]2CCCC[C@H]2N1. The predicted molar refractivity (Wildman–Crippen MR) is 86.6 cm³/mol. The van der Waals surface area contributed by atoms with E-state index in [4.69, 9.17) is 0 Å². The highest BCUT2D eigenvalue weighted by Gasteiger charge is 2.39. The van der Waals surface area contributed by atoms with Gasteiger partial charge in [-0.15, -0.1) is 0 Å². The van der Waals surface area contributed by atoms with Crippen LogP contribution < -0.4 is 5.32 Å². The molecule has 24 heavy (non-hydrogen) atoms. The van der Waals surface area contributed by atoms with Crippen LogP contribution in [0.25, 0.3) is 5.82 Å². The Labute approximate surface area is 139 Å². The van der Waals surface area contributed by atoms with E-state index in [1.165, 1.54) is 0 Å². The third-order valence-corrected chi connectivity index (χ3v) is 4.74. The van der Waals surface area contributed by atoms with Crippen LogP contribution in [0, 0.1) is 0 Å². The molecule has 1 aliphatic heterocycles. The highest BCUT2D eigenvalue weighted by Crippen LogP contribution is 2.26. The number of aromatic nitrogens is 3. The lowest BCUT2D eigenvalue weighted by atomic mass is 9.87. The Morgan fingerprint density at radius 3 is 2.92 bits per heavy atom. The van der Waals surface area contributed by atoms with E-state index in [1.807, 2.05) is 0 Å². The van der Waals surface area contributed by atoms with Crippen molar-refractivity contribution in [3.05, 3.63) is 42.4 Å². The fourth-order valence-electron chi connectivity index (χ4n) is 3.62. The van der Waals surface area contributed by atoms with E-state index >= 15 is 0 Å².